The van der Waals surface area contributed by atoms with Crippen molar-refractivity contribution in [2.75, 3.05) is 33.2 Å². The Hall–Kier alpha value is -0.0800. The van der Waals surface area contributed by atoms with Crippen LogP contribution in [0.4, 0.5) is 0 Å². The molecule has 1 rings (SSSR count). The van der Waals surface area contributed by atoms with Crippen LogP contribution < -0.4 is 5.32 Å². The van der Waals surface area contributed by atoms with Crippen LogP contribution in [0.25, 0.3) is 0 Å². The van der Waals surface area contributed by atoms with Crippen molar-refractivity contribution in [2.24, 2.45) is 5.92 Å². The lowest BCUT2D eigenvalue weighted by Gasteiger charge is -2.27. The maximum absolute atomic E-state index is 3.50. The molecule has 1 N–H and O–H groups in total. The molecule has 0 aliphatic carbocycles. The molecule has 0 aromatic rings. The van der Waals surface area contributed by atoms with E-state index in [-0.39, 0.29) is 0 Å². The third-order valence-electron chi connectivity index (χ3n) is 3.86. The topological polar surface area (TPSA) is 15.3 Å². The molecule has 102 valence electrons. The monoisotopic (exact) mass is 240 g/mol. The normalized spacial score (nSPS) is 21.0. The summed E-state index contributed by atoms with van der Waals surface area (Å²) in [6, 6.07) is 0. The van der Waals surface area contributed by atoms with Gasteiger partial charge in [-0.15, -0.1) is 0 Å². The fourth-order valence-electron chi connectivity index (χ4n) is 2.77. The van der Waals surface area contributed by atoms with E-state index in [1.165, 1.54) is 77.5 Å². The molecule has 1 fully saturated rings. The fourth-order valence-corrected chi connectivity index (χ4v) is 2.77. The molecule has 0 amide bonds. The quantitative estimate of drug-likeness (QED) is 0.622. The Morgan fingerprint density at radius 1 is 1.12 bits per heavy atom. The van der Waals surface area contributed by atoms with E-state index in [0.717, 1.165) is 5.92 Å². The van der Waals surface area contributed by atoms with Crippen LogP contribution in [0.5, 0.6) is 0 Å². The van der Waals surface area contributed by atoms with E-state index in [1.54, 1.807) is 0 Å². The van der Waals surface area contributed by atoms with Crippen LogP contribution in [-0.4, -0.2) is 38.1 Å². The molecule has 0 radical (unpaired) electrons. The molecule has 0 bridgehead atoms. The van der Waals surface area contributed by atoms with E-state index in [0.29, 0.717) is 0 Å². The molecule has 0 saturated carbocycles. The first kappa shape index (κ1) is 15.0. The Morgan fingerprint density at radius 3 is 2.59 bits per heavy atom. The second-order valence-corrected chi connectivity index (χ2v) is 5.74. The lowest BCUT2D eigenvalue weighted by Crippen LogP contribution is -2.37. The number of rotatable bonds is 9. The number of nitrogens with one attached hydrogen (secondary N) is 1. The van der Waals surface area contributed by atoms with Gasteiger partial charge in [0.25, 0.3) is 0 Å². The standard InChI is InChI=1S/C15H32N2/c1-3-4-5-6-7-8-12-17(2)14-15-10-9-11-16-13-15/h15-16H,3-14H2,1-2H3. The number of piperidine rings is 1. The second kappa shape index (κ2) is 9.90. The lowest BCUT2D eigenvalue weighted by molar-refractivity contribution is 0.239. The van der Waals surface area contributed by atoms with Gasteiger partial charge < -0.3 is 10.2 Å². The fraction of sp³-hybridized carbons (Fsp3) is 1.00. The van der Waals surface area contributed by atoms with Crippen molar-refractivity contribution in [3.63, 3.8) is 0 Å². The molecule has 0 aromatic carbocycles. The molecular formula is C15H32N2. The Morgan fingerprint density at radius 2 is 1.88 bits per heavy atom. The van der Waals surface area contributed by atoms with Crippen LogP contribution in [0.3, 0.4) is 0 Å². The van der Waals surface area contributed by atoms with E-state index in [2.05, 4.69) is 24.2 Å². The molecule has 1 saturated heterocycles. The maximum Gasteiger partial charge on any atom is 0.00187 e. The Kier molecular flexibility index (Phi) is 8.72. The molecule has 0 spiro atoms. The van der Waals surface area contributed by atoms with Crippen LogP contribution in [0, 0.1) is 5.92 Å². The molecule has 2 nitrogen and oxygen atoms in total. The first-order chi connectivity index (χ1) is 8.33. The van der Waals surface area contributed by atoms with Crippen LogP contribution in [0.1, 0.15) is 58.3 Å². The summed E-state index contributed by atoms with van der Waals surface area (Å²) in [6.07, 6.45) is 11.3. The van der Waals surface area contributed by atoms with E-state index in [9.17, 15) is 0 Å². The van der Waals surface area contributed by atoms with Crippen molar-refractivity contribution in [3.05, 3.63) is 0 Å². The minimum absolute atomic E-state index is 0.897. The van der Waals surface area contributed by atoms with E-state index in [1.807, 2.05) is 0 Å². The molecule has 1 aliphatic rings. The zero-order valence-corrected chi connectivity index (χ0v) is 12.0. The Bertz CT molecular complexity index is 164. The summed E-state index contributed by atoms with van der Waals surface area (Å²) in [5.74, 6) is 0.897. The first-order valence-electron chi connectivity index (χ1n) is 7.72. The van der Waals surface area contributed by atoms with Gasteiger partial charge in [0.15, 0.2) is 0 Å². The van der Waals surface area contributed by atoms with Gasteiger partial charge in [0, 0.05) is 6.54 Å². The minimum Gasteiger partial charge on any atom is -0.316 e. The molecule has 0 aromatic heterocycles. The molecule has 1 aliphatic heterocycles. The average Bonchev–Trinajstić information content (AvgIpc) is 2.35. The molecule has 17 heavy (non-hydrogen) atoms. The summed E-state index contributed by atoms with van der Waals surface area (Å²) in [6.45, 7) is 7.34. The summed E-state index contributed by atoms with van der Waals surface area (Å²) in [5, 5.41) is 3.50. The number of nitrogens with zero attached hydrogens (tertiary/aromatic N) is 1. The Labute approximate surface area is 108 Å². The number of hydrogen-bond donors (Lipinski definition) is 1. The highest BCUT2D eigenvalue weighted by atomic mass is 15.1. The van der Waals surface area contributed by atoms with Gasteiger partial charge in [0.05, 0.1) is 0 Å². The number of hydrogen-bond acceptors (Lipinski definition) is 2. The zero-order valence-electron chi connectivity index (χ0n) is 12.0. The Balaban J connectivity index is 1.91. The van der Waals surface area contributed by atoms with Gasteiger partial charge >= 0.3 is 0 Å². The van der Waals surface area contributed by atoms with E-state index >= 15 is 0 Å². The van der Waals surface area contributed by atoms with Crippen molar-refractivity contribution < 1.29 is 0 Å². The predicted octanol–water partition coefficient (Wildman–Crippen LogP) is 3.28. The van der Waals surface area contributed by atoms with Gasteiger partial charge in [-0.1, -0.05) is 39.0 Å². The van der Waals surface area contributed by atoms with Crippen molar-refractivity contribution in [3.8, 4) is 0 Å². The molecule has 1 heterocycles. The first-order valence-corrected chi connectivity index (χ1v) is 7.72. The van der Waals surface area contributed by atoms with Crippen molar-refractivity contribution >= 4 is 0 Å². The summed E-state index contributed by atoms with van der Waals surface area (Å²) in [5.41, 5.74) is 0. The summed E-state index contributed by atoms with van der Waals surface area (Å²) >= 11 is 0. The average molecular weight is 240 g/mol. The summed E-state index contributed by atoms with van der Waals surface area (Å²) in [4.78, 5) is 2.54. The highest BCUT2D eigenvalue weighted by Gasteiger charge is 2.14. The van der Waals surface area contributed by atoms with Crippen LogP contribution >= 0.6 is 0 Å². The minimum atomic E-state index is 0.897. The highest BCUT2D eigenvalue weighted by Crippen LogP contribution is 2.12. The predicted molar refractivity (Wildman–Crippen MR) is 76.5 cm³/mol. The highest BCUT2D eigenvalue weighted by molar-refractivity contribution is 4.71. The van der Waals surface area contributed by atoms with E-state index in [4.69, 9.17) is 0 Å². The van der Waals surface area contributed by atoms with Crippen LogP contribution in [-0.2, 0) is 0 Å². The zero-order chi connectivity index (χ0) is 12.3. The SMILES string of the molecule is CCCCCCCCN(C)CC1CCCNC1. The largest absolute Gasteiger partial charge is 0.316 e. The third-order valence-corrected chi connectivity index (χ3v) is 3.86. The van der Waals surface area contributed by atoms with Gasteiger partial charge in [0.1, 0.15) is 0 Å². The van der Waals surface area contributed by atoms with Gasteiger partial charge in [-0.3, -0.25) is 0 Å². The third kappa shape index (κ3) is 7.77. The molecular weight excluding hydrogens is 208 g/mol. The lowest BCUT2D eigenvalue weighted by atomic mass is 9.99. The van der Waals surface area contributed by atoms with Crippen LogP contribution in [0.2, 0.25) is 0 Å². The van der Waals surface area contributed by atoms with Crippen LogP contribution in [0.15, 0.2) is 0 Å². The van der Waals surface area contributed by atoms with Crippen molar-refractivity contribution in [1.29, 1.82) is 0 Å². The van der Waals surface area contributed by atoms with Crippen molar-refractivity contribution in [1.82, 2.24) is 10.2 Å². The van der Waals surface area contributed by atoms with E-state index < -0.39 is 0 Å². The summed E-state index contributed by atoms with van der Waals surface area (Å²) < 4.78 is 0. The molecule has 2 heteroatoms. The molecule has 1 unspecified atom stereocenters. The smallest absolute Gasteiger partial charge is 0.00187 e. The van der Waals surface area contributed by atoms with Crippen molar-refractivity contribution in [2.45, 2.75) is 58.3 Å². The number of unbranched alkanes of at least 4 members (excludes halogenated alkanes) is 5. The molecule has 1 atom stereocenters. The second-order valence-electron chi connectivity index (χ2n) is 5.74. The van der Waals surface area contributed by atoms with Gasteiger partial charge in [-0.05, 0) is 51.9 Å². The van der Waals surface area contributed by atoms with Gasteiger partial charge in [0.2, 0.25) is 0 Å². The van der Waals surface area contributed by atoms with Gasteiger partial charge in [-0.2, -0.15) is 0 Å². The van der Waals surface area contributed by atoms with Gasteiger partial charge in [-0.25, -0.2) is 0 Å². The summed E-state index contributed by atoms with van der Waals surface area (Å²) in [7, 11) is 2.29. The maximum atomic E-state index is 3.50.